The second-order valence-electron chi connectivity index (χ2n) is 5.03. The third-order valence-electron chi connectivity index (χ3n) is 3.46. The number of imide groups is 1. The molecule has 116 valence electrons. The molecule has 0 saturated heterocycles. The van der Waals surface area contributed by atoms with Gasteiger partial charge in [-0.05, 0) is 30.3 Å². The molecule has 2 aromatic rings. The van der Waals surface area contributed by atoms with Crippen molar-refractivity contribution < 1.29 is 14.4 Å². The van der Waals surface area contributed by atoms with E-state index in [2.05, 4.69) is 5.32 Å². The van der Waals surface area contributed by atoms with Crippen LogP contribution in [0.1, 0.15) is 20.7 Å². The molecule has 2 aromatic carbocycles. The van der Waals surface area contributed by atoms with Gasteiger partial charge in [-0.3, -0.25) is 19.3 Å². The lowest BCUT2D eigenvalue weighted by Gasteiger charge is -2.14. The van der Waals surface area contributed by atoms with Gasteiger partial charge in [0.05, 0.1) is 21.8 Å². The number of nitrogens with zero attached hydrogens (tertiary/aromatic N) is 1. The maximum atomic E-state index is 12.2. The number of nitrogens with one attached hydrogen (secondary N) is 1. The molecule has 0 atom stereocenters. The molecular formula is C16H12ClN3O3. The molecule has 1 heterocycles. The second kappa shape index (κ2) is 5.73. The van der Waals surface area contributed by atoms with Gasteiger partial charge in [-0.1, -0.05) is 23.7 Å². The van der Waals surface area contributed by atoms with Crippen LogP contribution in [0.3, 0.4) is 0 Å². The predicted molar refractivity (Wildman–Crippen MR) is 86.3 cm³/mol. The zero-order valence-corrected chi connectivity index (χ0v) is 12.6. The van der Waals surface area contributed by atoms with Gasteiger partial charge in [0.2, 0.25) is 5.91 Å². The highest BCUT2D eigenvalue weighted by Crippen LogP contribution is 2.24. The van der Waals surface area contributed by atoms with Crippen LogP contribution in [0, 0.1) is 0 Å². The number of amides is 3. The fraction of sp³-hybridized carbons (Fsp3) is 0.0625. The number of nitrogens with two attached hydrogens (primary N) is 1. The van der Waals surface area contributed by atoms with Gasteiger partial charge in [0.1, 0.15) is 6.54 Å². The molecule has 0 aromatic heterocycles. The summed E-state index contributed by atoms with van der Waals surface area (Å²) in [5.74, 6) is -1.45. The lowest BCUT2D eigenvalue weighted by molar-refractivity contribution is -0.116. The lowest BCUT2D eigenvalue weighted by Crippen LogP contribution is -2.37. The fourth-order valence-corrected chi connectivity index (χ4v) is 2.47. The minimum Gasteiger partial charge on any atom is -0.397 e. The van der Waals surface area contributed by atoms with Crippen molar-refractivity contribution >= 4 is 40.7 Å². The minimum atomic E-state index is -0.499. The molecular weight excluding hydrogens is 318 g/mol. The number of carbonyl (C=O) groups is 3. The van der Waals surface area contributed by atoms with Crippen molar-refractivity contribution in [3.05, 3.63) is 58.6 Å². The van der Waals surface area contributed by atoms with Crippen LogP contribution in [-0.4, -0.2) is 29.2 Å². The van der Waals surface area contributed by atoms with Crippen molar-refractivity contribution in [3.8, 4) is 0 Å². The summed E-state index contributed by atoms with van der Waals surface area (Å²) in [6.07, 6.45) is 0. The molecule has 0 saturated carbocycles. The Kier molecular flexibility index (Phi) is 3.75. The second-order valence-corrected chi connectivity index (χ2v) is 5.43. The van der Waals surface area contributed by atoms with E-state index < -0.39 is 17.7 Å². The molecule has 0 fully saturated rings. The average Bonchev–Trinajstić information content (AvgIpc) is 2.76. The Balaban J connectivity index is 1.73. The van der Waals surface area contributed by atoms with Crippen LogP contribution in [0.15, 0.2) is 42.5 Å². The first kappa shape index (κ1) is 15.1. The number of rotatable bonds is 3. The number of halogens is 1. The van der Waals surface area contributed by atoms with Crippen molar-refractivity contribution in [2.75, 3.05) is 17.6 Å². The van der Waals surface area contributed by atoms with Gasteiger partial charge < -0.3 is 11.1 Å². The van der Waals surface area contributed by atoms with Gasteiger partial charge in [0.25, 0.3) is 11.8 Å². The monoisotopic (exact) mass is 329 g/mol. The van der Waals surface area contributed by atoms with E-state index in [1.54, 1.807) is 36.4 Å². The highest BCUT2D eigenvalue weighted by Gasteiger charge is 2.36. The van der Waals surface area contributed by atoms with E-state index in [-0.39, 0.29) is 6.54 Å². The summed E-state index contributed by atoms with van der Waals surface area (Å²) in [4.78, 5) is 37.4. The normalized spacial score (nSPS) is 13.2. The Morgan fingerprint density at radius 2 is 1.70 bits per heavy atom. The first-order valence-corrected chi connectivity index (χ1v) is 7.15. The highest BCUT2D eigenvalue weighted by atomic mass is 35.5. The van der Waals surface area contributed by atoms with Crippen molar-refractivity contribution in [2.24, 2.45) is 0 Å². The van der Waals surface area contributed by atoms with E-state index in [0.29, 0.717) is 27.5 Å². The maximum absolute atomic E-state index is 12.2. The van der Waals surface area contributed by atoms with E-state index in [1.807, 2.05) is 0 Å². The average molecular weight is 330 g/mol. The van der Waals surface area contributed by atoms with Gasteiger partial charge in [0.15, 0.2) is 0 Å². The molecule has 0 spiro atoms. The van der Waals surface area contributed by atoms with Crippen LogP contribution in [0.5, 0.6) is 0 Å². The first-order valence-electron chi connectivity index (χ1n) is 6.77. The quantitative estimate of drug-likeness (QED) is 0.666. The highest BCUT2D eigenvalue weighted by molar-refractivity contribution is 6.33. The van der Waals surface area contributed by atoms with Crippen molar-refractivity contribution in [1.82, 2.24) is 4.90 Å². The smallest absolute Gasteiger partial charge is 0.262 e. The Hall–Kier alpha value is -2.86. The topological polar surface area (TPSA) is 92.5 Å². The van der Waals surface area contributed by atoms with E-state index in [9.17, 15) is 14.4 Å². The summed E-state index contributed by atoms with van der Waals surface area (Å²) >= 11 is 5.81. The summed E-state index contributed by atoms with van der Waals surface area (Å²) < 4.78 is 0. The zero-order valence-electron chi connectivity index (χ0n) is 11.9. The number of hydrogen-bond acceptors (Lipinski definition) is 4. The Morgan fingerprint density at radius 3 is 2.26 bits per heavy atom. The number of carbonyl (C=O) groups excluding carboxylic acids is 3. The molecule has 1 aliphatic rings. The number of anilines is 2. The van der Waals surface area contributed by atoms with Crippen LogP contribution >= 0.6 is 11.6 Å². The molecule has 3 amide bonds. The predicted octanol–water partition coefficient (Wildman–Crippen LogP) is 2.16. The van der Waals surface area contributed by atoms with E-state index >= 15 is 0 Å². The number of hydrogen-bond donors (Lipinski definition) is 2. The number of benzene rings is 2. The molecule has 6 nitrogen and oxygen atoms in total. The molecule has 7 heteroatoms. The summed E-state index contributed by atoms with van der Waals surface area (Å²) in [7, 11) is 0. The molecule has 1 aliphatic heterocycles. The van der Waals surface area contributed by atoms with Crippen molar-refractivity contribution in [1.29, 1.82) is 0 Å². The van der Waals surface area contributed by atoms with Crippen molar-refractivity contribution in [3.63, 3.8) is 0 Å². The Bertz CT molecular complexity index is 800. The Labute approximate surface area is 136 Å². The molecule has 3 rings (SSSR count). The van der Waals surface area contributed by atoms with Crippen LogP contribution in [0.4, 0.5) is 11.4 Å². The summed E-state index contributed by atoms with van der Waals surface area (Å²) in [5.41, 5.74) is 7.04. The van der Waals surface area contributed by atoms with Crippen LogP contribution in [0.2, 0.25) is 5.02 Å². The summed E-state index contributed by atoms with van der Waals surface area (Å²) in [6.45, 7) is -0.366. The molecule has 0 bridgehead atoms. The van der Waals surface area contributed by atoms with Crippen molar-refractivity contribution in [2.45, 2.75) is 0 Å². The van der Waals surface area contributed by atoms with Gasteiger partial charge in [-0.15, -0.1) is 0 Å². The standard InChI is InChI=1S/C16H12ClN3O3/c17-12-6-5-9(7-13(12)18)19-14(21)8-20-15(22)10-3-1-2-4-11(10)16(20)23/h1-7H,8,18H2,(H,19,21). The molecule has 0 aliphatic carbocycles. The molecule has 23 heavy (non-hydrogen) atoms. The van der Waals surface area contributed by atoms with Gasteiger partial charge in [-0.2, -0.15) is 0 Å². The van der Waals surface area contributed by atoms with Gasteiger partial charge in [-0.25, -0.2) is 0 Å². The largest absolute Gasteiger partial charge is 0.397 e. The third-order valence-corrected chi connectivity index (χ3v) is 3.80. The van der Waals surface area contributed by atoms with Gasteiger partial charge >= 0.3 is 0 Å². The molecule has 0 radical (unpaired) electrons. The van der Waals surface area contributed by atoms with Crippen LogP contribution in [0.25, 0.3) is 0 Å². The zero-order chi connectivity index (χ0) is 16.6. The Morgan fingerprint density at radius 1 is 1.09 bits per heavy atom. The van der Waals surface area contributed by atoms with E-state index in [0.717, 1.165) is 4.90 Å². The number of nitrogen functional groups attached to an aromatic ring is 1. The minimum absolute atomic E-state index is 0.307. The van der Waals surface area contributed by atoms with Crippen LogP contribution in [-0.2, 0) is 4.79 Å². The first-order chi connectivity index (χ1) is 11.0. The van der Waals surface area contributed by atoms with Gasteiger partial charge in [0, 0.05) is 5.69 Å². The lowest BCUT2D eigenvalue weighted by atomic mass is 10.1. The summed E-state index contributed by atoms with van der Waals surface area (Å²) in [5, 5.41) is 2.96. The summed E-state index contributed by atoms with van der Waals surface area (Å²) in [6, 6.07) is 11.1. The SMILES string of the molecule is Nc1cc(NC(=O)CN2C(=O)c3ccccc3C2=O)ccc1Cl. The maximum Gasteiger partial charge on any atom is 0.262 e. The van der Waals surface area contributed by atoms with E-state index in [1.165, 1.54) is 6.07 Å². The molecule has 0 unspecified atom stereocenters. The fourth-order valence-electron chi connectivity index (χ4n) is 2.35. The number of fused-ring (bicyclic) bond motifs is 1. The van der Waals surface area contributed by atoms with Crippen LogP contribution < -0.4 is 11.1 Å². The van der Waals surface area contributed by atoms with E-state index in [4.69, 9.17) is 17.3 Å². The third kappa shape index (κ3) is 2.76. The molecule has 3 N–H and O–H groups in total.